The normalized spacial score (nSPS) is 11.2. The highest BCUT2D eigenvalue weighted by Crippen LogP contribution is 2.24. The minimum atomic E-state index is 0.551. The van der Waals surface area contributed by atoms with Gasteiger partial charge < -0.3 is 10.2 Å². The van der Waals surface area contributed by atoms with Gasteiger partial charge >= 0.3 is 0 Å². The molecule has 98 valence electrons. The molecule has 0 aromatic heterocycles. The van der Waals surface area contributed by atoms with Crippen LogP contribution >= 0.6 is 15.9 Å². The molecule has 0 saturated carbocycles. The van der Waals surface area contributed by atoms with Crippen LogP contribution in [-0.4, -0.2) is 12.9 Å². The van der Waals surface area contributed by atoms with Gasteiger partial charge in [0, 0.05) is 4.47 Å². The van der Waals surface area contributed by atoms with Crippen molar-refractivity contribution < 1.29 is 4.74 Å². The molecule has 3 N–H and O–H groups in total. The van der Waals surface area contributed by atoms with Gasteiger partial charge in [0.25, 0.3) is 0 Å². The number of rotatable bonds is 3. The maximum Gasteiger partial charge on any atom is 0.151 e. The highest BCUT2D eigenvalue weighted by Gasteiger charge is 2.09. The van der Waals surface area contributed by atoms with Gasteiger partial charge in [-0.15, -0.1) is 0 Å². The van der Waals surface area contributed by atoms with Gasteiger partial charge in [0.1, 0.15) is 5.75 Å². The molecule has 2 aromatic carbocycles. The topological polar surface area (TPSA) is 59.6 Å². The molecule has 0 unspecified atom stereocenters. The van der Waals surface area contributed by atoms with Gasteiger partial charge in [0.05, 0.1) is 18.4 Å². The van der Waals surface area contributed by atoms with E-state index in [0.29, 0.717) is 11.6 Å². The third-order valence-corrected chi connectivity index (χ3v) is 3.05. The maximum atomic E-state index is 5.57. The van der Waals surface area contributed by atoms with Crippen LogP contribution in [0.2, 0.25) is 0 Å². The Morgan fingerprint density at radius 2 is 1.95 bits per heavy atom. The molecule has 2 rings (SSSR count). The molecule has 0 heterocycles. The molecule has 0 spiro atoms. The summed E-state index contributed by atoms with van der Waals surface area (Å²) in [5, 5.41) is 0. The lowest BCUT2D eigenvalue weighted by Crippen LogP contribution is -2.31. The summed E-state index contributed by atoms with van der Waals surface area (Å²) in [5.41, 5.74) is 4.24. The number of benzene rings is 2. The summed E-state index contributed by atoms with van der Waals surface area (Å²) < 4.78 is 6.27. The number of hydrogen-bond donors (Lipinski definition) is 2. The predicted octanol–water partition coefficient (Wildman–Crippen LogP) is 3.00. The number of halogens is 1. The van der Waals surface area contributed by atoms with E-state index in [1.54, 1.807) is 7.11 Å². The van der Waals surface area contributed by atoms with Crippen LogP contribution in [-0.2, 0) is 0 Å². The highest BCUT2D eigenvalue weighted by molar-refractivity contribution is 9.10. The molecule has 0 amide bonds. The van der Waals surface area contributed by atoms with E-state index in [4.69, 9.17) is 10.6 Å². The van der Waals surface area contributed by atoms with E-state index in [9.17, 15) is 0 Å². The molecule has 0 radical (unpaired) electrons. The molecule has 0 atom stereocenters. The molecule has 0 aliphatic heterocycles. The fourth-order valence-corrected chi connectivity index (χ4v) is 2.00. The van der Waals surface area contributed by atoms with Gasteiger partial charge in [-0.25, -0.2) is 10.8 Å². The van der Waals surface area contributed by atoms with E-state index in [2.05, 4.69) is 26.3 Å². The number of ether oxygens (including phenoxy) is 1. The van der Waals surface area contributed by atoms with E-state index in [-0.39, 0.29) is 0 Å². The SMILES string of the molecule is COc1cc(Br)ccc1C(=Nc1ccccc1)NN. The first-order valence-corrected chi connectivity index (χ1v) is 6.48. The van der Waals surface area contributed by atoms with E-state index in [1.807, 2.05) is 48.5 Å². The van der Waals surface area contributed by atoms with E-state index < -0.39 is 0 Å². The van der Waals surface area contributed by atoms with Crippen LogP contribution in [0.3, 0.4) is 0 Å². The Balaban J connectivity index is 2.45. The number of methoxy groups -OCH3 is 1. The quantitative estimate of drug-likeness (QED) is 0.396. The predicted molar refractivity (Wildman–Crippen MR) is 80.7 cm³/mol. The molecule has 0 aliphatic rings. The monoisotopic (exact) mass is 319 g/mol. The van der Waals surface area contributed by atoms with Crippen molar-refractivity contribution >= 4 is 27.5 Å². The van der Waals surface area contributed by atoms with Crippen molar-refractivity contribution in [1.82, 2.24) is 5.43 Å². The molecular formula is C14H14BrN3O. The summed E-state index contributed by atoms with van der Waals surface area (Å²) in [6.45, 7) is 0. The summed E-state index contributed by atoms with van der Waals surface area (Å²) >= 11 is 3.40. The number of nitrogens with zero attached hydrogens (tertiary/aromatic N) is 1. The van der Waals surface area contributed by atoms with E-state index in [0.717, 1.165) is 15.7 Å². The summed E-state index contributed by atoms with van der Waals surface area (Å²) in [7, 11) is 1.61. The summed E-state index contributed by atoms with van der Waals surface area (Å²) in [6, 6.07) is 15.3. The molecular weight excluding hydrogens is 306 g/mol. The lowest BCUT2D eigenvalue weighted by Gasteiger charge is -2.11. The fraction of sp³-hybridized carbons (Fsp3) is 0.0714. The highest BCUT2D eigenvalue weighted by atomic mass is 79.9. The number of hydrazine groups is 1. The third-order valence-electron chi connectivity index (χ3n) is 2.55. The maximum absolute atomic E-state index is 5.57. The lowest BCUT2D eigenvalue weighted by atomic mass is 10.2. The van der Waals surface area contributed by atoms with Crippen molar-refractivity contribution in [3.63, 3.8) is 0 Å². The van der Waals surface area contributed by atoms with E-state index >= 15 is 0 Å². The van der Waals surface area contributed by atoms with Gasteiger partial charge in [0.2, 0.25) is 0 Å². The zero-order chi connectivity index (χ0) is 13.7. The van der Waals surface area contributed by atoms with Crippen LogP contribution in [0.5, 0.6) is 5.75 Å². The second kappa shape index (κ2) is 6.36. The first-order chi connectivity index (χ1) is 9.24. The standard InChI is InChI=1S/C14H14BrN3O/c1-19-13-9-10(15)7-8-12(13)14(18-16)17-11-5-3-2-4-6-11/h2-9H,16H2,1H3,(H,17,18). The van der Waals surface area contributed by atoms with E-state index in [1.165, 1.54) is 0 Å². The van der Waals surface area contributed by atoms with Gasteiger partial charge in [-0.2, -0.15) is 0 Å². The number of aliphatic imine (C=N–C) groups is 1. The summed E-state index contributed by atoms with van der Waals surface area (Å²) in [4.78, 5) is 4.47. The summed E-state index contributed by atoms with van der Waals surface area (Å²) in [6.07, 6.45) is 0. The fourth-order valence-electron chi connectivity index (χ4n) is 1.66. The first-order valence-electron chi connectivity index (χ1n) is 5.69. The molecule has 0 fully saturated rings. The van der Waals surface area contributed by atoms with Gasteiger partial charge in [-0.1, -0.05) is 34.1 Å². The lowest BCUT2D eigenvalue weighted by molar-refractivity contribution is 0.413. The van der Waals surface area contributed by atoms with Crippen LogP contribution in [0.15, 0.2) is 58.0 Å². The average molecular weight is 320 g/mol. The number of hydrogen-bond acceptors (Lipinski definition) is 3. The number of amidine groups is 1. The smallest absolute Gasteiger partial charge is 0.151 e. The second-order valence-corrected chi connectivity index (χ2v) is 4.70. The van der Waals surface area contributed by atoms with Gasteiger partial charge in [-0.05, 0) is 30.3 Å². The molecule has 5 heteroatoms. The van der Waals surface area contributed by atoms with Crippen molar-refractivity contribution in [2.75, 3.05) is 7.11 Å². The summed E-state index contributed by atoms with van der Waals surface area (Å²) in [5.74, 6) is 6.81. The molecule has 2 aromatic rings. The Morgan fingerprint density at radius 3 is 2.58 bits per heavy atom. The van der Waals surface area contributed by atoms with Gasteiger partial charge in [0.15, 0.2) is 5.84 Å². The number of nitrogens with one attached hydrogen (secondary N) is 1. The molecule has 0 bridgehead atoms. The minimum absolute atomic E-state index is 0.551. The Hall–Kier alpha value is -1.85. The first kappa shape index (κ1) is 13.6. The second-order valence-electron chi connectivity index (χ2n) is 3.78. The molecule has 0 saturated heterocycles. The van der Waals surface area contributed by atoms with Crippen molar-refractivity contribution in [2.45, 2.75) is 0 Å². The number of para-hydroxylation sites is 1. The van der Waals surface area contributed by atoms with Crippen molar-refractivity contribution in [3.8, 4) is 5.75 Å². The Labute approximate surface area is 120 Å². The Kier molecular flexibility index (Phi) is 4.54. The van der Waals surface area contributed by atoms with Crippen molar-refractivity contribution in [3.05, 3.63) is 58.6 Å². The van der Waals surface area contributed by atoms with Crippen LogP contribution in [0.4, 0.5) is 5.69 Å². The third kappa shape index (κ3) is 3.33. The van der Waals surface area contributed by atoms with Crippen molar-refractivity contribution in [2.24, 2.45) is 10.8 Å². The van der Waals surface area contributed by atoms with Crippen LogP contribution in [0.1, 0.15) is 5.56 Å². The molecule has 0 aliphatic carbocycles. The largest absolute Gasteiger partial charge is 0.496 e. The zero-order valence-corrected chi connectivity index (χ0v) is 12.0. The Bertz CT molecular complexity index is 584. The van der Waals surface area contributed by atoms with Crippen molar-refractivity contribution in [1.29, 1.82) is 0 Å². The number of nitrogens with two attached hydrogens (primary N) is 1. The Morgan fingerprint density at radius 1 is 1.21 bits per heavy atom. The van der Waals surface area contributed by atoms with Crippen LogP contribution in [0.25, 0.3) is 0 Å². The minimum Gasteiger partial charge on any atom is -0.496 e. The zero-order valence-electron chi connectivity index (χ0n) is 10.4. The molecule has 19 heavy (non-hydrogen) atoms. The molecule has 4 nitrogen and oxygen atoms in total. The van der Waals surface area contributed by atoms with Crippen LogP contribution in [0, 0.1) is 0 Å². The average Bonchev–Trinajstić information content (AvgIpc) is 2.46. The van der Waals surface area contributed by atoms with Gasteiger partial charge in [-0.3, -0.25) is 0 Å². The van der Waals surface area contributed by atoms with Crippen LogP contribution < -0.4 is 16.0 Å².